The molecule has 21 heavy (non-hydrogen) atoms. The number of rotatable bonds is 4. The number of hydrogen-bond acceptors (Lipinski definition) is 5. The summed E-state index contributed by atoms with van der Waals surface area (Å²) < 4.78 is 11.2. The Morgan fingerprint density at radius 1 is 1.29 bits per heavy atom. The molecule has 0 N–H and O–H groups in total. The third-order valence-corrected chi connectivity index (χ3v) is 3.96. The Hall–Kier alpha value is -1.72. The van der Waals surface area contributed by atoms with E-state index in [1.54, 1.807) is 7.11 Å². The first-order chi connectivity index (χ1) is 10.2. The number of nitrogens with zero attached hydrogens (tertiary/aromatic N) is 3. The van der Waals surface area contributed by atoms with Gasteiger partial charge in [-0.3, -0.25) is 4.90 Å². The lowest BCUT2D eigenvalue weighted by Gasteiger charge is -2.29. The second-order valence-electron chi connectivity index (χ2n) is 5.58. The van der Waals surface area contributed by atoms with Crippen LogP contribution in [0.4, 0.5) is 0 Å². The quantitative estimate of drug-likeness (QED) is 0.865. The molecular formula is C16H21N3O2. The first-order valence-electron chi connectivity index (χ1n) is 7.39. The van der Waals surface area contributed by atoms with Gasteiger partial charge in [0, 0.05) is 25.8 Å². The fourth-order valence-corrected chi connectivity index (χ4v) is 2.71. The van der Waals surface area contributed by atoms with Crippen LogP contribution in [0.15, 0.2) is 28.7 Å². The lowest BCUT2D eigenvalue weighted by Crippen LogP contribution is -2.36. The normalized spacial score (nSPS) is 17.2. The fourth-order valence-electron chi connectivity index (χ4n) is 2.71. The minimum Gasteiger partial charge on any atom is -0.419 e. The first-order valence-corrected chi connectivity index (χ1v) is 7.39. The van der Waals surface area contributed by atoms with Crippen LogP contribution in [0.25, 0.3) is 11.5 Å². The largest absolute Gasteiger partial charge is 0.419 e. The summed E-state index contributed by atoms with van der Waals surface area (Å²) in [5, 5.41) is 8.32. The van der Waals surface area contributed by atoms with E-state index in [9.17, 15) is 0 Å². The number of benzene rings is 1. The predicted octanol–water partition coefficient (Wildman–Crippen LogP) is 2.66. The lowest BCUT2D eigenvalue weighted by molar-refractivity contribution is 0.0365. The van der Waals surface area contributed by atoms with Crippen LogP contribution in [0.1, 0.15) is 24.3 Å². The molecule has 0 spiro atoms. The van der Waals surface area contributed by atoms with Crippen molar-refractivity contribution in [3.05, 3.63) is 35.7 Å². The van der Waals surface area contributed by atoms with Gasteiger partial charge in [-0.05, 0) is 31.9 Å². The van der Waals surface area contributed by atoms with Crippen LogP contribution in [-0.2, 0) is 11.3 Å². The molecular weight excluding hydrogens is 266 g/mol. The van der Waals surface area contributed by atoms with Crippen LogP contribution >= 0.6 is 0 Å². The number of ether oxygens (including phenoxy) is 1. The maximum absolute atomic E-state index is 5.79. The fraction of sp³-hybridized carbons (Fsp3) is 0.500. The first kappa shape index (κ1) is 14.2. The van der Waals surface area contributed by atoms with E-state index in [1.165, 1.54) is 5.56 Å². The Morgan fingerprint density at radius 3 is 2.81 bits per heavy atom. The van der Waals surface area contributed by atoms with E-state index >= 15 is 0 Å². The molecule has 1 fully saturated rings. The predicted molar refractivity (Wildman–Crippen MR) is 79.8 cm³/mol. The average Bonchev–Trinajstić information content (AvgIpc) is 2.97. The molecule has 5 heteroatoms. The Bertz CT molecular complexity index is 589. The Labute approximate surface area is 124 Å². The minimum atomic E-state index is 0.395. The molecule has 2 aromatic rings. The topological polar surface area (TPSA) is 51.4 Å². The molecule has 3 rings (SSSR count). The molecule has 1 aromatic carbocycles. The zero-order valence-electron chi connectivity index (χ0n) is 12.6. The van der Waals surface area contributed by atoms with Gasteiger partial charge in [-0.2, -0.15) is 0 Å². The number of likely N-dealkylation sites (tertiary alicyclic amines) is 1. The molecule has 0 unspecified atom stereocenters. The van der Waals surface area contributed by atoms with Gasteiger partial charge in [0.05, 0.1) is 12.6 Å². The second-order valence-corrected chi connectivity index (χ2v) is 5.58. The number of piperidine rings is 1. The van der Waals surface area contributed by atoms with Crippen molar-refractivity contribution in [1.82, 2.24) is 15.1 Å². The highest BCUT2D eigenvalue weighted by Crippen LogP contribution is 2.20. The standard InChI is InChI=1S/C16H21N3O2/c1-12-4-3-5-13(10-12)16-18-17-15(21-16)11-19-8-6-14(20-2)7-9-19/h3-5,10,14H,6-9,11H2,1-2H3. The number of aryl methyl sites for hydroxylation is 1. The molecule has 0 amide bonds. The third kappa shape index (κ3) is 3.49. The van der Waals surface area contributed by atoms with E-state index in [-0.39, 0.29) is 0 Å². The van der Waals surface area contributed by atoms with Gasteiger partial charge in [0.15, 0.2) is 0 Å². The molecule has 1 aromatic heterocycles. The lowest BCUT2D eigenvalue weighted by atomic mass is 10.1. The molecule has 0 aliphatic carbocycles. The summed E-state index contributed by atoms with van der Waals surface area (Å²) in [5.41, 5.74) is 2.17. The van der Waals surface area contributed by atoms with E-state index in [1.807, 2.05) is 12.1 Å². The van der Waals surface area contributed by atoms with Gasteiger partial charge in [-0.15, -0.1) is 10.2 Å². The zero-order valence-corrected chi connectivity index (χ0v) is 12.6. The van der Waals surface area contributed by atoms with Gasteiger partial charge in [-0.1, -0.05) is 17.7 Å². The van der Waals surface area contributed by atoms with Gasteiger partial charge in [-0.25, -0.2) is 0 Å². The van der Waals surface area contributed by atoms with Crippen molar-refractivity contribution < 1.29 is 9.15 Å². The van der Waals surface area contributed by atoms with E-state index in [2.05, 4.69) is 34.2 Å². The molecule has 112 valence electrons. The van der Waals surface area contributed by atoms with Crippen LogP contribution in [0.5, 0.6) is 0 Å². The second kappa shape index (κ2) is 6.37. The monoisotopic (exact) mass is 287 g/mol. The van der Waals surface area contributed by atoms with Crippen LogP contribution in [-0.4, -0.2) is 41.4 Å². The van der Waals surface area contributed by atoms with Crippen LogP contribution < -0.4 is 0 Å². The van der Waals surface area contributed by atoms with Crippen molar-refractivity contribution in [2.24, 2.45) is 0 Å². The van der Waals surface area contributed by atoms with Gasteiger partial charge in [0.2, 0.25) is 11.8 Å². The third-order valence-electron chi connectivity index (χ3n) is 3.96. The summed E-state index contributed by atoms with van der Waals surface area (Å²) in [5.74, 6) is 1.28. The van der Waals surface area contributed by atoms with Crippen molar-refractivity contribution in [2.45, 2.75) is 32.4 Å². The average molecular weight is 287 g/mol. The SMILES string of the molecule is COC1CCN(Cc2nnc(-c3cccc(C)c3)o2)CC1. The van der Waals surface area contributed by atoms with Crippen LogP contribution in [0.2, 0.25) is 0 Å². The van der Waals surface area contributed by atoms with Crippen LogP contribution in [0, 0.1) is 6.92 Å². The van der Waals surface area contributed by atoms with Crippen molar-refractivity contribution in [3.8, 4) is 11.5 Å². The van der Waals surface area contributed by atoms with Crippen molar-refractivity contribution in [2.75, 3.05) is 20.2 Å². The van der Waals surface area contributed by atoms with Gasteiger partial charge >= 0.3 is 0 Å². The summed E-state index contributed by atoms with van der Waals surface area (Å²) >= 11 is 0. The van der Waals surface area contributed by atoms with Crippen molar-refractivity contribution in [3.63, 3.8) is 0 Å². The highest BCUT2D eigenvalue weighted by atomic mass is 16.5. The molecule has 1 saturated heterocycles. The Kier molecular flexibility index (Phi) is 4.31. The summed E-state index contributed by atoms with van der Waals surface area (Å²) in [6.45, 7) is 4.80. The maximum atomic E-state index is 5.79. The summed E-state index contributed by atoms with van der Waals surface area (Å²) in [6, 6.07) is 8.11. The Balaban J connectivity index is 1.63. The number of hydrogen-bond donors (Lipinski definition) is 0. The molecule has 5 nitrogen and oxygen atoms in total. The zero-order chi connectivity index (χ0) is 14.7. The maximum Gasteiger partial charge on any atom is 0.247 e. The molecule has 2 heterocycles. The number of methoxy groups -OCH3 is 1. The van der Waals surface area contributed by atoms with Crippen molar-refractivity contribution in [1.29, 1.82) is 0 Å². The van der Waals surface area contributed by atoms with Gasteiger partial charge in [0.25, 0.3) is 0 Å². The molecule has 1 aliphatic heterocycles. The minimum absolute atomic E-state index is 0.395. The van der Waals surface area contributed by atoms with E-state index < -0.39 is 0 Å². The smallest absolute Gasteiger partial charge is 0.247 e. The molecule has 0 radical (unpaired) electrons. The molecule has 0 saturated carbocycles. The Morgan fingerprint density at radius 2 is 2.10 bits per heavy atom. The van der Waals surface area contributed by atoms with E-state index in [0.29, 0.717) is 17.9 Å². The van der Waals surface area contributed by atoms with E-state index in [4.69, 9.17) is 9.15 Å². The highest BCUT2D eigenvalue weighted by Gasteiger charge is 2.20. The van der Waals surface area contributed by atoms with Crippen molar-refractivity contribution >= 4 is 0 Å². The van der Waals surface area contributed by atoms with E-state index in [0.717, 1.165) is 38.0 Å². The summed E-state index contributed by atoms with van der Waals surface area (Å²) in [4.78, 5) is 2.34. The summed E-state index contributed by atoms with van der Waals surface area (Å²) in [6.07, 6.45) is 2.52. The number of aromatic nitrogens is 2. The molecule has 1 aliphatic rings. The highest BCUT2D eigenvalue weighted by molar-refractivity contribution is 5.53. The summed E-state index contributed by atoms with van der Waals surface area (Å²) in [7, 11) is 1.78. The van der Waals surface area contributed by atoms with Crippen LogP contribution in [0.3, 0.4) is 0 Å². The molecule has 0 bridgehead atoms. The van der Waals surface area contributed by atoms with Gasteiger partial charge < -0.3 is 9.15 Å². The molecule has 0 atom stereocenters. The van der Waals surface area contributed by atoms with Gasteiger partial charge in [0.1, 0.15) is 0 Å².